The normalized spacial score (nSPS) is 21.8. The van der Waals surface area contributed by atoms with Crippen LogP contribution >= 0.6 is 23.5 Å². The van der Waals surface area contributed by atoms with E-state index in [0.29, 0.717) is 6.42 Å². The molecule has 1 amide bonds. The third-order valence-corrected chi connectivity index (χ3v) is 4.95. The van der Waals surface area contributed by atoms with E-state index in [1.54, 1.807) is 0 Å². The first-order chi connectivity index (χ1) is 5.66. The van der Waals surface area contributed by atoms with Crippen LogP contribution in [0.1, 0.15) is 19.8 Å². The highest BCUT2D eigenvalue weighted by atomic mass is 32.2. The highest BCUT2D eigenvalue weighted by molar-refractivity contribution is 8.18. The highest BCUT2D eigenvalue weighted by Gasteiger charge is 2.30. The van der Waals surface area contributed by atoms with Crippen LogP contribution in [0.4, 0.5) is 0 Å². The predicted molar refractivity (Wildman–Crippen MR) is 54.9 cm³/mol. The van der Waals surface area contributed by atoms with Crippen molar-refractivity contribution in [2.45, 2.75) is 23.8 Å². The number of nitrogens with two attached hydrogens (primary N) is 1. The Kier molecular flexibility index (Phi) is 3.74. The van der Waals surface area contributed by atoms with Crippen molar-refractivity contribution in [3.8, 4) is 0 Å². The summed E-state index contributed by atoms with van der Waals surface area (Å²) >= 11 is 3.71. The zero-order valence-corrected chi connectivity index (χ0v) is 8.76. The average Bonchev–Trinajstić information content (AvgIpc) is 2.05. The Morgan fingerprint density at radius 2 is 2.17 bits per heavy atom. The summed E-state index contributed by atoms with van der Waals surface area (Å²) in [6.45, 7) is 2.11. The highest BCUT2D eigenvalue weighted by Crippen LogP contribution is 2.43. The fraction of sp³-hybridized carbons (Fsp3) is 0.857. The van der Waals surface area contributed by atoms with E-state index in [4.69, 9.17) is 5.84 Å². The Balaban J connectivity index is 2.41. The number of hydrogen-bond donors (Lipinski definition) is 2. The molecule has 0 radical (unpaired) electrons. The second-order valence-corrected chi connectivity index (χ2v) is 6.38. The molecule has 12 heavy (non-hydrogen) atoms. The molecule has 70 valence electrons. The molecule has 1 rings (SSSR count). The van der Waals surface area contributed by atoms with Crippen molar-refractivity contribution in [3.63, 3.8) is 0 Å². The van der Waals surface area contributed by atoms with Gasteiger partial charge in [0.15, 0.2) is 0 Å². The number of nitrogens with one attached hydrogen (secondary N) is 1. The molecule has 1 heterocycles. The van der Waals surface area contributed by atoms with Gasteiger partial charge in [0.05, 0.1) is 10.5 Å². The first-order valence-electron chi connectivity index (χ1n) is 3.94. The van der Waals surface area contributed by atoms with E-state index in [-0.39, 0.29) is 9.99 Å². The molecule has 1 fully saturated rings. The van der Waals surface area contributed by atoms with Gasteiger partial charge in [0.1, 0.15) is 0 Å². The molecule has 0 saturated carbocycles. The first kappa shape index (κ1) is 10.2. The number of rotatable bonds is 2. The zero-order chi connectivity index (χ0) is 9.03. The molecule has 3 N–H and O–H groups in total. The second kappa shape index (κ2) is 4.39. The smallest absolute Gasteiger partial charge is 0.236 e. The Labute approximate surface area is 81.2 Å². The minimum Gasteiger partial charge on any atom is -0.294 e. The van der Waals surface area contributed by atoms with Gasteiger partial charge in [-0.15, -0.1) is 23.5 Å². The van der Waals surface area contributed by atoms with Crippen molar-refractivity contribution in [1.82, 2.24) is 5.43 Å². The van der Waals surface area contributed by atoms with Crippen molar-refractivity contribution in [1.29, 1.82) is 0 Å². The second-order valence-electron chi connectivity index (χ2n) is 2.93. The van der Waals surface area contributed by atoms with Gasteiger partial charge in [0.25, 0.3) is 0 Å². The van der Waals surface area contributed by atoms with Crippen LogP contribution < -0.4 is 11.3 Å². The maximum Gasteiger partial charge on any atom is 0.236 e. The number of thioether (sulfide) groups is 2. The predicted octanol–water partition coefficient (Wildman–Crippen LogP) is 0.953. The number of hydrazine groups is 1. The fourth-order valence-electron chi connectivity index (χ4n) is 1.12. The number of amides is 1. The van der Waals surface area contributed by atoms with Crippen LogP contribution in [-0.2, 0) is 4.79 Å². The molecule has 1 saturated heterocycles. The Bertz CT molecular complexity index is 169. The molecule has 1 aliphatic rings. The average molecular weight is 206 g/mol. The molecule has 5 heteroatoms. The minimum atomic E-state index is -0.0700. The molecular weight excluding hydrogens is 192 g/mol. The van der Waals surface area contributed by atoms with Gasteiger partial charge in [0.2, 0.25) is 5.91 Å². The van der Waals surface area contributed by atoms with Crippen LogP contribution in [0.5, 0.6) is 0 Å². The summed E-state index contributed by atoms with van der Waals surface area (Å²) in [5.74, 6) is 7.27. The van der Waals surface area contributed by atoms with E-state index in [9.17, 15) is 4.79 Å². The van der Waals surface area contributed by atoms with Crippen LogP contribution in [-0.4, -0.2) is 21.5 Å². The Hall–Kier alpha value is 0.130. The summed E-state index contributed by atoms with van der Waals surface area (Å²) in [4.78, 5) is 11.0. The van der Waals surface area contributed by atoms with Gasteiger partial charge in [-0.2, -0.15) is 0 Å². The lowest BCUT2D eigenvalue weighted by molar-refractivity contribution is -0.121. The topological polar surface area (TPSA) is 55.1 Å². The van der Waals surface area contributed by atoms with Crippen molar-refractivity contribution >= 4 is 29.4 Å². The quantitative estimate of drug-likeness (QED) is 0.401. The first-order valence-corrected chi connectivity index (χ1v) is 5.91. The molecule has 0 unspecified atom stereocenters. The SMILES string of the molecule is CC1(CC(=O)NN)SCCCS1. The molecule has 0 aromatic heterocycles. The maximum atomic E-state index is 11.0. The van der Waals surface area contributed by atoms with Crippen LogP contribution in [0, 0.1) is 0 Å². The van der Waals surface area contributed by atoms with Crippen molar-refractivity contribution < 1.29 is 4.79 Å². The molecule has 0 bridgehead atoms. The van der Waals surface area contributed by atoms with Crippen molar-refractivity contribution in [2.24, 2.45) is 5.84 Å². The molecule has 0 aliphatic carbocycles. The third-order valence-electron chi connectivity index (χ3n) is 1.75. The number of hydrogen-bond acceptors (Lipinski definition) is 4. The molecule has 0 atom stereocenters. The van der Waals surface area contributed by atoms with E-state index >= 15 is 0 Å². The lowest BCUT2D eigenvalue weighted by Crippen LogP contribution is -2.36. The molecule has 0 aromatic carbocycles. The lowest BCUT2D eigenvalue weighted by atomic mass is 10.3. The van der Waals surface area contributed by atoms with Crippen LogP contribution in [0.25, 0.3) is 0 Å². The third kappa shape index (κ3) is 2.88. The summed E-state index contributed by atoms with van der Waals surface area (Å²) < 4.78 is 0.0434. The van der Waals surface area contributed by atoms with Crippen LogP contribution in [0.3, 0.4) is 0 Å². The Morgan fingerprint density at radius 3 is 2.67 bits per heavy atom. The summed E-state index contributed by atoms with van der Waals surface area (Å²) in [5.41, 5.74) is 2.17. The monoisotopic (exact) mass is 206 g/mol. The number of carbonyl (C=O) groups is 1. The molecule has 1 aliphatic heterocycles. The Morgan fingerprint density at radius 1 is 1.58 bits per heavy atom. The van der Waals surface area contributed by atoms with E-state index < -0.39 is 0 Å². The summed E-state index contributed by atoms with van der Waals surface area (Å²) in [5, 5.41) is 0. The summed E-state index contributed by atoms with van der Waals surface area (Å²) in [6, 6.07) is 0. The fourth-order valence-corrected chi connectivity index (χ4v) is 4.04. The minimum absolute atomic E-state index is 0.0434. The summed E-state index contributed by atoms with van der Waals surface area (Å²) in [7, 11) is 0. The maximum absolute atomic E-state index is 11.0. The standard InChI is InChI=1S/C7H14N2OS2/c1-7(5-6(10)9-8)11-3-2-4-12-7/h2-5,8H2,1H3,(H,9,10). The van der Waals surface area contributed by atoms with Gasteiger partial charge in [-0.1, -0.05) is 0 Å². The van der Waals surface area contributed by atoms with Crippen LogP contribution in [0.2, 0.25) is 0 Å². The molecule has 0 spiro atoms. The van der Waals surface area contributed by atoms with E-state index in [0.717, 1.165) is 11.5 Å². The van der Waals surface area contributed by atoms with Crippen LogP contribution in [0.15, 0.2) is 0 Å². The van der Waals surface area contributed by atoms with Gasteiger partial charge in [-0.25, -0.2) is 5.84 Å². The number of carbonyl (C=O) groups excluding carboxylic acids is 1. The van der Waals surface area contributed by atoms with Gasteiger partial charge in [-0.05, 0) is 24.9 Å². The van der Waals surface area contributed by atoms with E-state index in [2.05, 4.69) is 12.3 Å². The van der Waals surface area contributed by atoms with Gasteiger partial charge < -0.3 is 0 Å². The van der Waals surface area contributed by atoms with Gasteiger partial charge >= 0.3 is 0 Å². The van der Waals surface area contributed by atoms with E-state index in [1.807, 2.05) is 23.5 Å². The summed E-state index contributed by atoms with van der Waals surface area (Å²) in [6.07, 6.45) is 1.76. The van der Waals surface area contributed by atoms with Gasteiger partial charge in [-0.3, -0.25) is 10.2 Å². The molecule has 0 aromatic rings. The van der Waals surface area contributed by atoms with Crippen molar-refractivity contribution in [2.75, 3.05) is 11.5 Å². The van der Waals surface area contributed by atoms with Gasteiger partial charge in [0, 0.05) is 0 Å². The zero-order valence-electron chi connectivity index (χ0n) is 7.13. The largest absolute Gasteiger partial charge is 0.294 e. The molecular formula is C7H14N2OS2. The molecule has 3 nitrogen and oxygen atoms in total. The van der Waals surface area contributed by atoms with Crippen molar-refractivity contribution in [3.05, 3.63) is 0 Å². The van der Waals surface area contributed by atoms with E-state index in [1.165, 1.54) is 6.42 Å². The lowest BCUT2D eigenvalue weighted by Gasteiger charge is -2.31.